The lowest BCUT2D eigenvalue weighted by atomic mass is 9.84. The Morgan fingerprint density at radius 3 is 2.36 bits per heavy atom. The molecule has 0 rings (SSSR count). The zero-order valence-corrected chi connectivity index (χ0v) is 8.03. The monoisotopic (exact) mass is 157 g/mol. The van der Waals surface area contributed by atoms with Crippen molar-refractivity contribution in [3.63, 3.8) is 0 Å². The third-order valence-electron chi connectivity index (χ3n) is 2.18. The van der Waals surface area contributed by atoms with Gasteiger partial charge in [-0.15, -0.1) is 0 Å². The van der Waals surface area contributed by atoms with E-state index in [1.807, 2.05) is 20.9 Å². The summed E-state index contributed by atoms with van der Waals surface area (Å²) in [5.74, 6) is 0.286. The van der Waals surface area contributed by atoms with E-state index >= 15 is 0 Å². The summed E-state index contributed by atoms with van der Waals surface area (Å²) in [7, 11) is 1.93. The molecule has 2 nitrogen and oxygen atoms in total. The number of Topliss-reactive ketones (excluding diaryl/α,β-unsaturated/α-hetero) is 1. The molecule has 66 valence electrons. The number of ketones is 1. The van der Waals surface area contributed by atoms with Crippen molar-refractivity contribution in [1.82, 2.24) is 5.32 Å². The zero-order chi connectivity index (χ0) is 8.91. The second kappa shape index (κ2) is 4.50. The van der Waals surface area contributed by atoms with Gasteiger partial charge in [0.05, 0.1) is 0 Å². The fraction of sp³-hybridized carbons (Fsp3) is 0.889. The van der Waals surface area contributed by atoms with Crippen LogP contribution in [0.1, 0.15) is 33.6 Å². The van der Waals surface area contributed by atoms with E-state index in [9.17, 15) is 4.79 Å². The van der Waals surface area contributed by atoms with E-state index in [4.69, 9.17) is 0 Å². The molecule has 0 saturated heterocycles. The van der Waals surface area contributed by atoms with Crippen LogP contribution in [-0.4, -0.2) is 19.4 Å². The summed E-state index contributed by atoms with van der Waals surface area (Å²) >= 11 is 0. The molecule has 11 heavy (non-hydrogen) atoms. The average molecular weight is 157 g/mol. The van der Waals surface area contributed by atoms with E-state index in [0.29, 0.717) is 0 Å². The van der Waals surface area contributed by atoms with Gasteiger partial charge in [-0.1, -0.05) is 13.8 Å². The maximum absolute atomic E-state index is 11.0. The third-order valence-corrected chi connectivity index (χ3v) is 2.18. The molecule has 2 heteroatoms. The normalized spacial score (nSPS) is 11.6. The predicted octanol–water partition coefficient (Wildman–Crippen LogP) is 1.60. The van der Waals surface area contributed by atoms with Gasteiger partial charge in [0.2, 0.25) is 0 Å². The summed E-state index contributed by atoms with van der Waals surface area (Å²) in [5, 5.41) is 3.07. The maximum atomic E-state index is 11.0. The summed E-state index contributed by atoms with van der Waals surface area (Å²) in [4.78, 5) is 11.0. The van der Waals surface area contributed by atoms with Crippen molar-refractivity contribution >= 4 is 5.78 Å². The zero-order valence-electron chi connectivity index (χ0n) is 8.03. The van der Waals surface area contributed by atoms with Crippen LogP contribution in [0.5, 0.6) is 0 Å². The highest BCUT2D eigenvalue weighted by atomic mass is 16.1. The van der Waals surface area contributed by atoms with Gasteiger partial charge in [-0.25, -0.2) is 0 Å². The molecule has 0 aromatic rings. The second-order valence-corrected chi connectivity index (χ2v) is 3.65. The fourth-order valence-electron chi connectivity index (χ4n) is 0.883. The van der Waals surface area contributed by atoms with Crippen LogP contribution in [0.25, 0.3) is 0 Å². The molecule has 0 aliphatic heterocycles. The van der Waals surface area contributed by atoms with Crippen LogP contribution < -0.4 is 5.32 Å². The number of rotatable bonds is 5. The molecule has 1 N–H and O–H groups in total. The number of hydrogen-bond donors (Lipinski definition) is 1. The average Bonchev–Trinajstić information content (AvgIpc) is 1.88. The van der Waals surface area contributed by atoms with Crippen molar-refractivity contribution in [3.8, 4) is 0 Å². The highest BCUT2D eigenvalue weighted by molar-refractivity contribution is 5.81. The first-order valence-corrected chi connectivity index (χ1v) is 4.16. The highest BCUT2D eigenvalue weighted by Crippen LogP contribution is 2.22. The summed E-state index contributed by atoms with van der Waals surface area (Å²) in [6.45, 7) is 6.67. The Kier molecular flexibility index (Phi) is 4.34. The Morgan fingerprint density at radius 1 is 1.45 bits per heavy atom. The smallest absolute Gasteiger partial charge is 0.135 e. The Bertz CT molecular complexity index is 130. The maximum Gasteiger partial charge on any atom is 0.135 e. The van der Waals surface area contributed by atoms with Crippen molar-refractivity contribution in [3.05, 3.63) is 0 Å². The van der Waals surface area contributed by atoms with Crippen molar-refractivity contribution in [2.75, 3.05) is 13.6 Å². The van der Waals surface area contributed by atoms with Gasteiger partial charge < -0.3 is 5.32 Å². The van der Waals surface area contributed by atoms with E-state index in [0.717, 1.165) is 19.4 Å². The topological polar surface area (TPSA) is 29.1 Å². The molecule has 0 aromatic carbocycles. The van der Waals surface area contributed by atoms with Crippen molar-refractivity contribution in [2.45, 2.75) is 33.6 Å². The number of carbonyl (C=O) groups excluding carboxylic acids is 1. The van der Waals surface area contributed by atoms with Gasteiger partial charge in [0.1, 0.15) is 5.78 Å². The fourth-order valence-corrected chi connectivity index (χ4v) is 0.883. The van der Waals surface area contributed by atoms with Crippen LogP contribution in [0, 0.1) is 5.41 Å². The molecule has 0 amide bonds. The van der Waals surface area contributed by atoms with E-state index < -0.39 is 0 Å². The van der Waals surface area contributed by atoms with Gasteiger partial charge in [-0.05, 0) is 33.4 Å². The largest absolute Gasteiger partial charge is 0.320 e. The van der Waals surface area contributed by atoms with Gasteiger partial charge in [-0.2, -0.15) is 0 Å². The van der Waals surface area contributed by atoms with Gasteiger partial charge in [0, 0.05) is 5.41 Å². The van der Waals surface area contributed by atoms with E-state index in [2.05, 4.69) is 5.32 Å². The van der Waals surface area contributed by atoms with Crippen molar-refractivity contribution in [1.29, 1.82) is 0 Å². The SMILES string of the molecule is CNCCCC(C)(C)C(C)=O. The third kappa shape index (κ3) is 4.14. The number of hydrogen-bond acceptors (Lipinski definition) is 2. The summed E-state index contributed by atoms with van der Waals surface area (Å²) < 4.78 is 0. The predicted molar refractivity (Wildman–Crippen MR) is 47.6 cm³/mol. The molecule has 0 aliphatic carbocycles. The van der Waals surface area contributed by atoms with E-state index in [-0.39, 0.29) is 11.2 Å². The highest BCUT2D eigenvalue weighted by Gasteiger charge is 2.22. The second-order valence-electron chi connectivity index (χ2n) is 3.65. The molecule has 0 fully saturated rings. The summed E-state index contributed by atoms with van der Waals surface area (Å²) in [5.41, 5.74) is -0.128. The van der Waals surface area contributed by atoms with Crippen molar-refractivity contribution in [2.24, 2.45) is 5.41 Å². The first-order chi connectivity index (χ1) is 5.00. The lowest BCUT2D eigenvalue weighted by Crippen LogP contribution is -2.22. The Balaban J connectivity index is 3.64. The minimum absolute atomic E-state index is 0.128. The molecule has 0 radical (unpaired) electrons. The van der Waals surface area contributed by atoms with Crippen LogP contribution in [0.3, 0.4) is 0 Å². The van der Waals surface area contributed by atoms with Crippen LogP contribution in [0.4, 0.5) is 0 Å². The van der Waals surface area contributed by atoms with Gasteiger partial charge in [0.15, 0.2) is 0 Å². The van der Waals surface area contributed by atoms with Crippen LogP contribution >= 0.6 is 0 Å². The molecule has 0 heterocycles. The van der Waals surface area contributed by atoms with Crippen LogP contribution in [0.2, 0.25) is 0 Å². The molecule has 0 bridgehead atoms. The molecule has 0 unspecified atom stereocenters. The van der Waals surface area contributed by atoms with Crippen molar-refractivity contribution < 1.29 is 4.79 Å². The van der Waals surface area contributed by atoms with Gasteiger partial charge in [0.25, 0.3) is 0 Å². The first-order valence-electron chi connectivity index (χ1n) is 4.16. The van der Waals surface area contributed by atoms with E-state index in [1.54, 1.807) is 6.92 Å². The number of carbonyl (C=O) groups is 1. The van der Waals surface area contributed by atoms with Crippen LogP contribution in [0.15, 0.2) is 0 Å². The van der Waals surface area contributed by atoms with Gasteiger partial charge >= 0.3 is 0 Å². The van der Waals surface area contributed by atoms with Gasteiger partial charge in [-0.3, -0.25) is 4.79 Å². The first kappa shape index (κ1) is 10.6. The Hall–Kier alpha value is -0.370. The summed E-state index contributed by atoms with van der Waals surface area (Å²) in [6.07, 6.45) is 2.05. The van der Waals surface area contributed by atoms with E-state index in [1.165, 1.54) is 0 Å². The minimum Gasteiger partial charge on any atom is -0.320 e. The standard InChI is InChI=1S/C9H19NO/c1-8(11)9(2,3)6-5-7-10-4/h10H,5-7H2,1-4H3. The molecule has 0 saturated carbocycles. The minimum atomic E-state index is -0.128. The quantitative estimate of drug-likeness (QED) is 0.614. The summed E-state index contributed by atoms with van der Waals surface area (Å²) in [6, 6.07) is 0. The molecule has 0 spiro atoms. The Labute approximate surface area is 69.4 Å². The lowest BCUT2D eigenvalue weighted by Gasteiger charge is -2.20. The molecule has 0 aromatic heterocycles. The number of nitrogens with one attached hydrogen (secondary N) is 1. The molecular formula is C9H19NO. The molecule has 0 atom stereocenters. The molecular weight excluding hydrogens is 138 g/mol. The molecule has 0 aliphatic rings. The lowest BCUT2D eigenvalue weighted by molar-refractivity contribution is -0.125. The van der Waals surface area contributed by atoms with Crippen LogP contribution in [-0.2, 0) is 4.79 Å². The Morgan fingerprint density at radius 2 is 2.00 bits per heavy atom.